The highest BCUT2D eigenvalue weighted by molar-refractivity contribution is 8.00. The summed E-state index contributed by atoms with van der Waals surface area (Å²) in [6.45, 7) is 0.712. The Kier molecular flexibility index (Phi) is 11.7. The molecule has 8 rings (SSSR count). The maximum Gasteiger partial charge on any atom is 0.324 e. The topological polar surface area (TPSA) is 184 Å². The number of primary amides is 1. The van der Waals surface area contributed by atoms with Crippen molar-refractivity contribution in [2.24, 2.45) is 40.7 Å². The van der Waals surface area contributed by atoms with Crippen LogP contribution in [0, 0.1) is 46.8 Å². The molecule has 11 atom stereocenters. The Morgan fingerprint density at radius 3 is 2.52 bits per heavy atom. The molecular formula is C40H60N6O7S. The van der Waals surface area contributed by atoms with Gasteiger partial charge in [-0.3, -0.25) is 24.6 Å². The molecule has 4 aliphatic carbocycles. The number of morpholine rings is 1. The third kappa shape index (κ3) is 7.14. The second-order valence-electron chi connectivity index (χ2n) is 17.3. The van der Waals surface area contributed by atoms with Gasteiger partial charge >= 0.3 is 12.0 Å². The number of aliphatic hydroxyl groups is 1. The van der Waals surface area contributed by atoms with Crippen molar-refractivity contribution in [3.05, 3.63) is 0 Å². The highest BCUT2D eigenvalue weighted by Gasteiger charge is 2.76. The van der Waals surface area contributed by atoms with Gasteiger partial charge in [0.15, 0.2) is 0 Å². The first-order valence-corrected chi connectivity index (χ1v) is 21.9. The van der Waals surface area contributed by atoms with Crippen molar-refractivity contribution in [2.45, 2.75) is 150 Å². The number of amides is 4. The first-order valence-electron chi connectivity index (χ1n) is 21.0. The Hall–Kier alpha value is -2.57. The van der Waals surface area contributed by atoms with Crippen LogP contribution >= 0.6 is 11.8 Å². The number of rotatable bonds is 8. The number of carbonyl (C=O) groups excluding carboxylic acids is 4. The maximum absolute atomic E-state index is 15.3. The van der Waals surface area contributed by atoms with Crippen molar-refractivity contribution in [3.8, 4) is 11.8 Å². The van der Waals surface area contributed by atoms with E-state index in [4.69, 9.17) is 15.2 Å². The largest absolute Gasteiger partial charge is 0.463 e. The fraction of sp³-hybridized carbons (Fsp3) is 0.850. The van der Waals surface area contributed by atoms with E-state index in [2.05, 4.69) is 38.0 Å². The first kappa shape index (κ1) is 38.3. The number of hydrogen-bond acceptors (Lipinski definition) is 10. The number of ether oxygens (including phenoxy) is 2. The van der Waals surface area contributed by atoms with Crippen molar-refractivity contribution in [1.82, 2.24) is 26.2 Å². The zero-order valence-electron chi connectivity index (χ0n) is 31.5. The molecule has 54 heavy (non-hydrogen) atoms. The lowest BCUT2D eigenvalue weighted by Gasteiger charge is -2.50. The van der Waals surface area contributed by atoms with Crippen molar-refractivity contribution in [2.75, 3.05) is 26.4 Å². The summed E-state index contributed by atoms with van der Waals surface area (Å²) < 4.78 is 12.2. The summed E-state index contributed by atoms with van der Waals surface area (Å²) in [6, 6.07) is -1.67. The molecule has 298 valence electrons. The van der Waals surface area contributed by atoms with E-state index in [1.54, 1.807) is 11.8 Å². The smallest absolute Gasteiger partial charge is 0.324 e. The average molecular weight is 769 g/mol. The molecule has 4 saturated carbocycles. The molecule has 7 N–H and O–H groups in total. The number of urea groups is 1. The third-order valence-corrected chi connectivity index (χ3v) is 16.0. The lowest BCUT2D eigenvalue weighted by molar-refractivity contribution is -0.169. The molecule has 4 saturated heterocycles. The number of fused-ring (bicyclic) bond motifs is 4. The predicted octanol–water partition coefficient (Wildman–Crippen LogP) is 2.35. The van der Waals surface area contributed by atoms with Crippen LogP contribution in [0.15, 0.2) is 0 Å². The minimum Gasteiger partial charge on any atom is -0.463 e. The second-order valence-corrected chi connectivity index (χ2v) is 18.7. The van der Waals surface area contributed by atoms with Gasteiger partial charge in [-0.25, -0.2) is 4.79 Å². The molecular weight excluding hydrogens is 709 g/mol. The second kappa shape index (κ2) is 16.5. The van der Waals surface area contributed by atoms with Crippen LogP contribution in [0.25, 0.3) is 0 Å². The van der Waals surface area contributed by atoms with E-state index in [-0.39, 0.29) is 85.0 Å². The number of nitrogens with one attached hydrogen (secondary N) is 4. The van der Waals surface area contributed by atoms with Crippen molar-refractivity contribution >= 4 is 35.6 Å². The van der Waals surface area contributed by atoms with Crippen LogP contribution in [0.3, 0.4) is 0 Å². The summed E-state index contributed by atoms with van der Waals surface area (Å²) in [6.07, 6.45) is 15.5. The summed E-state index contributed by atoms with van der Waals surface area (Å²) in [4.78, 5) is 58.8. The molecule has 0 bridgehead atoms. The third-order valence-electron chi connectivity index (χ3n) is 14.6. The van der Waals surface area contributed by atoms with Gasteiger partial charge in [0.2, 0.25) is 11.8 Å². The van der Waals surface area contributed by atoms with Crippen LogP contribution in [0.4, 0.5) is 4.79 Å². The number of esters is 1. The molecule has 14 heteroatoms. The molecule has 8 aliphatic rings. The average Bonchev–Trinajstić information content (AvgIpc) is 3.83. The van der Waals surface area contributed by atoms with Crippen LogP contribution in [-0.4, -0.2) is 107 Å². The Bertz CT molecular complexity index is 1460. The summed E-state index contributed by atoms with van der Waals surface area (Å²) in [7, 11) is 0. The van der Waals surface area contributed by atoms with Crippen molar-refractivity contribution in [3.63, 3.8) is 0 Å². The SMILES string of the molecule is NC(=O)NCC#CC1CCC2NC(=O)[C@@]3(C2C1)[C@H](C1CCC(OCCO)CC1)N1[C@H](C2CCCCC2)COC(=O)[C@H]1[C@@H]3C(=O)NC1NC2CCCCC2S1. The number of nitrogens with zero attached hydrogens (tertiary/aromatic N) is 1. The molecule has 4 heterocycles. The zero-order valence-corrected chi connectivity index (χ0v) is 32.3. The van der Waals surface area contributed by atoms with Gasteiger partial charge in [0.05, 0.1) is 37.2 Å². The van der Waals surface area contributed by atoms with E-state index in [9.17, 15) is 14.7 Å². The fourth-order valence-corrected chi connectivity index (χ4v) is 13.9. The number of carbonyl (C=O) groups is 4. The van der Waals surface area contributed by atoms with Gasteiger partial charge in [-0.05, 0) is 88.4 Å². The highest BCUT2D eigenvalue weighted by atomic mass is 32.2. The molecule has 8 fully saturated rings. The van der Waals surface area contributed by atoms with E-state index < -0.39 is 23.4 Å². The Morgan fingerprint density at radius 2 is 1.76 bits per heavy atom. The number of hydrogen-bond donors (Lipinski definition) is 6. The number of thioether (sulfide) groups is 1. The quantitative estimate of drug-likeness (QED) is 0.158. The summed E-state index contributed by atoms with van der Waals surface area (Å²) >= 11 is 1.78. The number of cyclic esters (lactones) is 1. The minimum atomic E-state index is -1.17. The van der Waals surface area contributed by atoms with Gasteiger partial charge in [-0.1, -0.05) is 43.9 Å². The van der Waals surface area contributed by atoms with Gasteiger partial charge in [0.25, 0.3) is 0 Å². The van der Waals surface area contributed by atoms with Crippen LogP contribution in [0.5, 0.6) is 0 Å². The minimum absolute atomic E-state index is 0.0232. The molecule has 13 nitrogen and oxygen atoms in total. The molecule has 6 unspecified atom stereocenters. The van der Waals surface area contributed by atoms with Gasteiger partial charge in [-0.15, -0.1) is 11.8 Å². The van der Waals surface area contributed by atoms with Gasteiger partial charge in [0, 0.05) is 35.3 Å². The van der Waals surface area contributed by atoms with E-state index in [0.717, 1.165) is 77.0 Å². The van der Waals surface area contributed by atoms with E-state index in [1.165, 1.54) is 19.3 Å². The van der Waals surface area contributed by atoms with Crippen molar-refractivity contribution < 1.29 is 33.8 Å². The first-order chi connectivity index (χ1) is 26.3. The van der Waals surface area contributed by atoms with Gasteiger partial charge < -0.3 is 36.3 Å². The normalized spacial score (nSPS) is 42.2. The molecule has 1 spiro atoms. The Morgan fingerprint density at radius 1 is 0.981 bits per heavy atom. The molecule has 0 aromatic carbocycles. The van der Waals surface area contributed by atoms with Gasteiger partial charge in [-0.2, -0.15) is 0 Å². The van der Waals surface area contributed by atoms with E-state index >= 15 is 9.59 Å². The monoisotopic (exact) mass is 768 g/mol. The summed E-state index contributed by atoms with van der Waals surface area (Å²) in [5.74, 6) is 4.96. The Labute approximate surface area is 323 Å². The van der Waals surface area contributed by atoms with Crippen LogP contribution in [0.1, 0.15) is 103 Å². The predicted molar refractivity (Wildman–Crippen MR) is 202 cm³/mol. The Balaban J connectivity index is 1.20. The standard InChI is InChI=1S/C40H60N6O7S/c41-38(51)42-18-6-7-23-12-17-28-27(21-23)40(37(50)43-28)32(35(48)45-39-44-29-10-4-5-11-31(29)54-39)33-36(49)53-22-30(24-8-2-1-3-9-24)46(33)34(40)25-13-15-26(16-14-25)52-20-19-47/h23-34,39,44,47H,1-5,8-22H2,(H,43,50)(H,45,48)(H3,41,42,51)/t23?,25?,26?,27?,28?,29?,30-,31?,32+,33+,34-,39?,40+/m0/s1. The molecule has 4 aliphatic heterocycles. The maximum atomic E-state index is 15.3. The van der Waals surface area contributed by atoms with Crippen molar-refractivity contribution in [1.29, 1.82) is 0 Å². The lowest BCUT2D eigenvalue weighted by Crippen LogP contribution is -2.61. The summed E-state index contributed by atoms with van der Waals surface area (Å²) in [5.41, 5.74) is 3.84. The van der Waals surface area contributed by atoms with Crippen LogP contribution < -0.4 is 27.0 Å². The molecule has 0 radical (unpaired) electrons. The van der Waals surface area contributed by atoms with E-state index in [0.29, 0.717) is 30.2 Å². The van der Waals surface area contributed by atoms with E-state index in [1.807, 2.05) is 0 Å². The molecule has 4 amide bonds. The van der Waals surface area contributed by atoms with Gasteiger partial charge in [0.1, 0.15) is 18.1 Å². The summed E-state index contributed by atoms with van der Waals surface area (Å²) in [5, 5.41) is 23.0. The van der Waals surface area contributed by atoms with Crippen LogP contribution in [-0.2, 0) is 23.9 Å². The number of nitrogens with two attached hydrogens (primary N) is 1. The zero-order chi connectivity index (χ0) is 37.4. The highest BCUT2D eigenvalue weighted by Crippen LogP contribution is 2.63. The number of aliphatic hydroxyl groups excluding tert-OH is 1. The molecule has 0 aromatic rings. The fourth-order valence-electron chi connectivity index (χ4n) is 12.4. The molecule has 0 aromatic heterocycles. The van der Waals surface area contributed by atoms with Crippen LogP contribution in [0.2, 0.25) is 0 Å². The lowest BCUT2D eigenvalue weighted by atomic mass is 9.55.